The third-order valence-corrected chi connectivity index (χ3v) is 11.5. The summed E-state index contributed by atoms with van der Waals surface area (Å²) in [5.74, 6) is 1.41. The maximum Gasteiger partial charge on any atom is 0.222 e. The molecule has 1 N–H and O–H groups in total. The van der Waals surface area contributed by atoms with E-state index in [-0.39, 0.29) is 19.8 Å². The molecule has 1 heterocycles. The molecule has 1 aliphatic heterocycles. The molecule has 6 nitrogen and oxygen atoms in total. The summed E-state index contributed by atoms with van der Waals surface area (Å²) in [7, 11) is -1.50. The van der Waals surface area contributed by atoms with Gasteiger partial charge >= 0.3 is 0 Å². The first-order valence-corrected chi connectivity index (χ1v) is 24.3. The van der Waals surface area contributed by atoms with Crippen LogP contribution in [-0.4, -0.2) is 44.2 Å². The molecule has 0 aliphatic carbocycles. The fourth-order valence-electron chi connectivity index (χ4n) is 7.36. The lowest BCUT2D eigenvalue weighted by Gasteiger charge is -2.50. The lowest BCUT2D eigenvalue weighted by Crippen LogP contribution is -2.65. The average Bonchev–Trinajstić information content (AvgIpc) is 3.26. The lowest BCUT2D eigenvalue weighted by molar-refractivity contribution is -0.378. The summed E-state index contributed by atoms with van der Waals surface area (Å²) in [6, 6.07) is 54.6. The summed E-state index contributed by atoms with van der Waals surface area (Å²) in [6.07, 6.45) is -2.55. The van der Waals surface area contributed by atoms with E-state index >= 15 is 0 Å². The minimum absolute atomic E-state index is 0.138. The molecule has 0 aromatic heterocycles. The molecule has 1 fully saturated rings. The van der Waals surface area contributed by atoms with Gasteiger partial charge in [-0.3, -0.25) is 0 Å². The minimum atomic E-state index is -1.96. The number of aryl methyl sites for hydroxylation is 1. The fraction of sp³-hybridized carbons (Fsp3) is 0.283. The Bertz CT molecular complexity index is 2290. The summed E-state index contributed by atoms with van der Waals surface area (Å²) < 4.78 is 34.0. The van der Waals surface area contributed by atoms with Gasteiger partial charge in [-0.15, -0.1) is 5.54 Å². The van der Waals surface area contributed by atoms with Gasteiger partial charge in [0.2, 0.25) is 5.79 Å². The monoisotopic (exact) mass is 816 g/mol. The third-order valence-electron chi connectivity index (χ3n) is 10.6. The lowest BCUT2D eigenvalue weighted by atomic mass is 9.85. The van der Waals surface area contributed by atoms with E-state index in [9.17, 15) is 5.11 Å². The summed E-state index contributed by atoms with van der Waals surface area (Å²) >= 11 is 0. The Kier molecular flexibility index (Phi) is 14.6. The smallest absolute Gasteiger partial charge is 0.222 e. The molecule has 0 spiro atoms. The van der Waals surface area contributed by atoms with E-state index in [4.69, 9.17) is 23.7 Å². The van der Waals surface area contributed by atoms with Crippen LogP contribution >= 0.6 is 0 Å². The molecule has 6 aromatic carbocycles. The molecule has 0 radical (unpaired) electrons. The maximum absolute atomic E-state index is 13.3. The Hall–Kier alpha value is -5.14. The normalized spacial score (nSPS) is 20.3. The Morgan fingerprint density at radius 2 is 1.08 bits per heavy atom. The molecule has 1 saturated heterocycles. The van der Waals surface area contributed by atoms with Gasteiger partial charge in [0.1, 0.15) is 32.5 Å². The molecule has 60 heavy (non-hydrogen) atoms. The predicted octanol–water partition coefficient (Wildman–Crippen LogP) is 10.3. The molecule has 0 unspecified atom stereocenters. The Morgan fingerprint density at radius 3 is 1.62 bits per heavy atom. The van der Waals surface area contributed by atoms with Crippen LogP contribution < -0.4 is 0 Å². The Balaban J connectivity index is 1.27. The molecule has 0 saturated carbocycles. The molecule has 7 heteroatoms. The minimum Gasteiger partial charge on any atom is -0.374 e. The molecule has 7 rings (SSSR count). The van der Waals surface area contributed by atoms with Gasteiger partial charge in [0.05, 0.1) is 33.0 Å². The van der Waals surface area contributed by atoms with E-state index in [0.29, 0.717) is 25.2 Å². The van der Waals surface area contributed by atoms with Crippen LogP contribution in [0.15, 0.2) is 164 Å². The van der Waals surface area contributed by atoms with E-state index in [0.717, 1.165) is 44.5 Å². The van der Waals surface area contributed by atoms with Gasteiger partial charge in [0.25, 0.3) is 0 Å². The van der Waals surface area contributed by atoms with Gasteiger partial charge in [0, 0.05) is 11.1 Å². The zero-order valence-corrected chi connectivity index (χ0v) is 36.1. The van der Waals surface area contributed by atoms with Crippen molar-refractivity contribution in [3.8, 4) is 11.5 Å². The number of hydrogen-bond donors (Lipinski definition) is 1. The van der Waals surface area contributed by atoms with Gasteiger partial charge < -0.3 is 28.8 Å². The topological polar surface area (TPSA) is 66.4 Å². The highest BCUT2D eigenvalue weighted by Crippen LogP contribution is 2.42. The van der Waals surface area contributed by atoms with Gasteiger partial charge in [-0.25, -0.2) is 0 Å². The molecule has 1 aliphatic rings. The number of benzene rings is 6. The standard InChI is InChI=1S/C53H56O6Si/c1-40-25-30-48(34-47(40)33-42-28-26-41(27-29-42)31-32-60(2,3)4)53(54)52(58-38-46-23-15-8-16-24-46)51(57-37-45-21-13-7-14-22-45)50(56-36-44-19-11-6-12-20-44)49(59-53)39-55-35-43-17-9-5-10-18-43/h5-30,34,49-52,54H,33,35-39H2,1-4H3/t49-,50-,51+,52-,53-/m1/s1. The van der Waals surface area contributed by atoms with Crippen LogP contribution in [0.4, 0.5) is 0 Å². The highest BCUT2D eigenvalue weighted by Gasteiger charge is 2.57. The van der Waals surface area contributed by atoms with E-state index < -0.39 is 38.3 Å². The van der Waals surface area contributed by atoms with E-state index in [1.807, 2.05) is 133 Å². The van der Waals surface area contributed by atoms with Crippen molar-refractivity contribution in [3.63, 3.8) is 0 Å². The van der Waals surface area contributed by atoms with Crippen LogP contribution in [0.25, 0.3) is 0 Å². The summed E-state index contributed by atoms with van der Waals surface area (Å²) in [4.78, 5) is 0. The van der Waals surface area contributed by atoms with Gasteiger partial charge in [0.15, 0.2) is 0 Å². The van der Waals surface area contributed by atoms with Crippen molar-refractivity contribution in [2.75, 3.05) is 6.61 Å². The van der Waals surface area contributed by atoms with Crippen molar-refractivity contribution in [3.05, 3.63) is 214 Å². The zero-order valence-electron chi connectivity index (χ0n) is 35.1. The van der Waals surface area contributed by atoms with Crippen molar-refractivity contribution in [2.24, 2.45) is 0 Å². The first-order valence-electron chi connectivity index (χ1n) is 20.8. The molecule has 0 amide bonds. The zero-order chi connectivity index (χ0) is 41.8. The van der Waals surface area contributed by atoms with Crippen molar-refractivity contribution >= 4 is 8.07 Å². The van der Waals surface area contributed by atoms with Crippen molar-refractivity contribution in [1.29, 1.82) is 0 Å². The van der Waals surface area contributed by atoms with Crippen molar-refractivity contribution < 1.29 is 28.8 Å². The van der Waals surface area contributed by atoms with E-state index in [1.165, 1.54) is 0 Å². The predicted molar refractivity (Wildman–Crippen MR) is 241 cm³/mol. The van der Waals surface area contributed by atoms with Crippen LogP contribution in [0.3, 0.4) is 0 Å². The summed E-state index contributed by atoms with van der Waals surface area (Å²) in [6.45, 7) is 10.1. The molecule has 5 atom stereocenters. The second-order valence-corrected chi connectivity index (χ2v) is 21.4. The molecule has 308 valence electrons. The quantitative estimate of drug-likeness (QED) is 0.0775. The highest BCUT2D eigenvalue weighted by atomic mass is 28.3. The Labute approximate surface area is 357 Å². The second-order valence-electron chi connectivity index (χ2n) is 16.6. The SMILES string of the molecule is Cc1ccc([C@@]2(O)O[C@H](COCc3ccccc3)[C@@H](OCc3ccccc3)[C@H](OCc3ccccc3)[C@H]2OCc2ccccc2)cc1Cc1ccc(C#C[Si](C)(C)C)cc1. The van der Waals surface area contributed by atoms with Crippen LogP contribution in [-0.2, 0) is 62.3 Å². The second kappa shape index (κ2) is 20.4. The van der Waals surface area contributed by atoms with Crippen LogP contribution in [0, 0.1) is 18.4 Å². The molecule has 0 bridgehead atoms. The first-order chi connectivity index (χ1) is 29.1. The fourth-order valence-corrected chi connectivity index (χ4v) is 7.88. The molecular weight excluding hydrogens is 761 g/mol. The number of aliphatic hydroxyl groups is 1. The third kappa shape index (κ3) is 11.8. The van der Waals surface area contributed by atoms with Crippen molar-refractivity contribution in [1.82, 2.24) is 0 Å². The number of rotatable bonds is 16. The average molecular weight is 817 g/mol. The summed E-state index contributed by atoms with van der Waals surface area (Å²) in [5.41, 5.74) is 12.3. The number of hydrogen-bond acceptors (Lipinski definition) is 6. The Morgan fingerprint density at radius 1 is 0.583 bits per heavy atom. The van der Waals surface area contributed by atoms with Crippen LogP contribution in [0.1, 0.15) is 50.1 Å². The van der Waals surface area contributed by atoms with E-state index in [1.54, 1.807) is 0 Å². The van der Waals surface area contributed by atoms with Crippen LogP contribution in [0.2, 0.25) is 19.6 Å². The van der Waals surface area contributed by atoms with Crippen molar-refractivity contribution in [2.45, 2.75) is 89.6 Å². The van der Waals surface area contributed by atoms with Gasteiger partial charge in [-0.2, -0.15) is 0 Å². The van der Waals surface area contributed by atoms with Gasteiger partial charge in [-0.1, -0.05) is 171 Å². The molecular formula is C53H56O6Si. The highest BCUT2D eigenvalue weighted by molar-refractivity contribution is 6.83. The van der Waals surface area contributed by atoms with Gasteiger partial charge in [-0.05, 0) is 70.5 Å². The first kappa shape index (κ1) is 43.0. The maximum atomic E-state index is 13.3. The largest absolute Gasteiger partial charge is 0.374 e. The van der Waals surface area contributed by atoms with Crippen LogP contribution in [0.5, 0.6) is 0 Å². The summed E-state index contributed by atoms with van der Waals surface area (Å²) in [5, 5.41) is 13.3. The van der Waals surface area contributed by atoms with E-state index in [2.05, 4.69) is 68.4 Å². The molecule has 6 aromatic rings. The number of ether oxygens (including phenoxy) is 5.